The number of benzene rings is 3. The lowest BCUT2D eigenvalue weighted by Crippen LogP contribution is -2.22. The van der Waals surface area contributed by atoms with E-state index in [-0.39, 0.29) is 11.2 Å². The van der Waals surface area contributed by atoms with Crippen molar-refractivity contribution in [2.45, 2.75) is 17.1 Å². The highest BCUT2D eigenvalue weighted by Gasteiger charge is 2.15. The molecule has 0 unspecified atom stereocenters. The van der Waals surface area contributed by atoms with Gasteiger partial charge in [0, 0.05) is 20.4 Å². The van der Waals surface area contributed by atoms with Crippen molar-refractivity contribution in [1.82, 2.24) is 0 Å². The molecule has 0 aromatic heterocycles. The lowest BCUT2D eigenvalue weighted by Gasteiger charge is -2.13. The van der Waals surface area contributed by atoms with Gasteiger partial charge >= 0.3 is 0 Å². The topological polar surface area (TPSA) is 29.1 Å². The number of carbonyl (C=O) groups is 1. The molecule has 0 aliphatic rings. The van der Waals surface area contributed by atoms with E-state index >= 15 is 0 Å². The van der Waals surface area contributed by atoms with Gasteiger partial charge in [0.15, 0.2) is 0 Å². The maximum absolute atomic E-state index is 12.5. The van der Waals surface area contributed by atoms with Crippen molar-refractivity contribution >= 4 is 50.1 Å². The number of nitrogens with one attached hydrogen (secondary N) is 1. The summed E-state index contributed by atoms with van der Waals surface area (Å²) in [5.41, 5.74) is 0.858. The molecule has 0 aliphatic carbocycles. The standard InChI is InChI=1S/C19H16BrNOS/c1-13(23-16-11-9-15(20)10-12-16)19(22)21-18-8-4-6-14-5-2-3-7-17(14)18/h2-13H,1H3,(H,21,22)/t13-/m1/s1. The molecule has 1 amide bonds. The maximum atomic E-state index is 12.5. The zero-order valence-electron chi connectivity index (χ0n) is 12.6. The summed E-state index contributed by atoms with van der Waals surface area (Å²) in [4.78, 5) is 13.6. The molecular formula is C19H16BrNOS. The van der Waals surface area contributed by atoms with Crippen LogP contribution in [0, 0.1) is 0 Å². The lowest BCUT2D eigenvalue weighted by molar-refractivity contribution is -0.115. The van der Waals surface area contributed by atoms with E-state index in [0.29, 0.717) is 0 Å². The Bertz CT molecular complexity index is 827. The number of amides is 1. The van der Waals surface area contributed by atoms with Gasteiger partial charge in [0.2, 0.25) is 5.91 Å². The van der Waals surface area contributed by atoms with Crippen molar-refractivity contribution in [3.05, 3.63) is 71.2 Å². The third kappa shape index (κ3) is 3.95. The number of carbonyl (C=O) groups excluding carboxylic acids is 1. The molecule has 3 aromatic carbocycles. The predicted octanol–water partition coefficient (Wildman–Crippen LogP) is 5.72. The predicted molar refractivity (Wildman–Crippen MR) is 102 cm³/mol. The van der Waals surface area contributed by atoms with Crippen molar-refractivity contribution in [3.63, 3.8) is 0 Å². The second-order valence-corrected chi connectivity index (χ2v) is 7.56. The van der Waals surface area contributed by atoms with Gasteiger partial charge in [-0.05, 0) is 42.6 Å². The molecule has 23 heavy (non-hydrogen) atoms. The summed E-state index contributed by atoms with van der Waals surface area (Å²) in [6.45, 7) is 1.92. The van der Waals surface area contributed by atoms with E-state index in [0.717, 1.165) is 25.8 Å². The quantitative estimate of drug-likeness (QED) is 0.581. The van der Waals surface area contributed by atoms with Gasteiger partial charge < -0.3 is 5.32 Å². The molecule has 1 atom stereocenters. The molecule has 0 heterocycles. The van der Waals surface area contributed by atoms with Crippen LogP contribution in [0.2, 0.25) is 0 Å². The average molecular weight is 386 g/mol. The molecule has 0 saturated heterocycles. The molecule has 0 radical (unpaired) electrons. The fourth-order valence-electron chi connectivity index (χ4n) is 2.34. The number of anilines is 1. The Morgan fingerprint density at radius 3 is 2.48 bits per heavy atom. The Balaban J connectivity index is 1.74. The number of thioether (sulfide) groups is 1. The van der Waals surface area contributed by atoms with E-state index in [1.807, 2.05) is 73.7 Å². The first-order valence-corrected chi connectivity index (χ1v) is 9.01. The van der Waals surface area contributed by atoms with Gasteiger partial charge in [0.25, 0.3) is 0 Å². The third-order valence-electron chi connectivity index (χ3n) is 3.54. The van der Waals surface area contributed by atoms with Gasteiger partial charge in [-0.25, -0.2) is 0 Å². The van der Waals surface area contributed by atoms with Gasteiger partial charge in [0.05, 0.1) is 5.25 Å². The van der Waals surface area contributed by atoms with Crippen LogP contribution in [0.1, 0.15) is 6.92 Å². The molecule has 1 N–H and O–H groups in total. The largest absolute Gasteiger partial charge is 0.325 e. The summed E-state index contributed by atoms with van der Waals surface area (Å²) in [7, 11) is 0. The van der Waals surface area contributed by atoms with Crippen LogP contribution in [-0.4, -0.2) is 11.2 Å². The zero-order valence-corrected chi connectivity index (χ0v) is 15.0. The average Bonchev–Trinajstić information content (AvgIpc) is 2.57. The van der Waals surface area contributed by atoms with Crippen molar-refractivity contribution in [2.75, 3.05) is 5.32 Å². The minimum absolute atomic E-state index is 0.00859. The Morgan fingerprint density at radius 1 is 1.00 bits per heavy atom. The van der Waals surface area contributed by atoms with Crippen molar-refractivity contribution in [1.29, 1.82) is 0 Å². The smallest absolute Gasteiger partial charge is 0.237 e. The number of hydrogen-bond donors (Lipinski definition) is 1. The third-order valence-corrected chi connectivity index (χ3v) is 5.18. The van der Waals surface area contributed by atoms with Crippen LogP contribution >= 0.6 is 27.7 Å². The zero-order chi connectivity index (χ0) is 16.2. The molecule has 3 aromatic rings. The van der Waals surface area contributed by atoms with Gasteiger partial charge in [0.1, 0.15) is 0 Å². The van der Waals surface area contributed by atoms with Gasteiger partial charge in [-0.15, -0.1) is 11.8 Å². The normalized spacial score (nSPS) is 12.1. The molecule has 0 aliphatic heterocycles. The molecule has 116 valence electrons. The lowest BCUT2D eigenvalue weighted by atomic mass is 10.1. The summed E-state index contributed by atoms with van der Waals surface area (Å²) >= 11 is 4.97. The number of halogens is 1. The van der Waals surface area contributed by atoms with Crippen molar-refractivity contribution < 1.29 is 4.79 Å². The second kappa shape index (κ2) is 7.20. The van der Waals surface area contributed by atoms with Crippen LogP contribution in [0.5, 0.6) is 0 Å². The van der Waals surface area contributed by atoms with Gasteiger partial charge in [-0.3, -0.25) is 4.79 Å². The minimum atomic E-state index is -0.171. The van der Waals surface area contributed by atoms with Gasteiger partial charge in [-0.2, -0.15) is 0 Å². The van der Waals surface area contributed by atoms with Crippen LogP contribution in [-0.2, 0) is 4.79 Å². The van der Waals surface area contributed by atoms with E-state index in [2.05, 4.69) is 21.2 Å². The molecular weight excluding hydrogens is 370 g/mol. The molecule has 0 bridgehead atoms. The van der Waals surface area contributed by atoms with Crippen LogP contribution in [0.3, 0.4) is 0 Å². The van der Waals surface area contributed by atoms with E-state index < -0.39 is 0 Å². The van der Waals surface area contributed by atoms with E-state index in [4.69, 9.17) is 0 Å². The highest BCUT2D eigenvalue weighted by Crippen LogP contribution is 2.27. The number of hydrogen-bond acceptors (Lipinski definition) is 2. The first-order valence-electron chi connectivity index (χ1n) is 7.34. The van der Waals surface area contributed by atoms with Crippen LogP contribution in [0.25, 0.3) is 10.8 Å². The van der Waals surface area contributed by atoms with Gasteiger partial charge in [-0.1, -0.05) is 52.3 Å². The van der Waals surface area contributed by atoms with E-state index in [1.165, 1.54) is 0 Å². The summed E-state index contributed by atoms with van der Waals surface area (Å²) in [6, 6.07) is 22.0. The second-order valence-electron chi connectivity index (χ2n) is 5.23. The van der Waals surface area contributed by atoms with Crippen molar-refractivity contribution in [3.8, 4) is 0 Å². The number of rotatable bonds is 4. The molecule has 3 rings (SSSR count). The summed E-state index contributed by atoms with van der Waals surface area (Å²) < 4.78 is 1.04. The molecule has 2 nitrogen and oxygen atoms in total. The molecule has 4 heteroatoms. The van der Waals surface area contributed by atoms with E-state index in [9.17, 15) is 4.79 Å². The minimum Gasteiger partial charge on any atom is -0.325 e. The summed E-state index contributed by atoms with van der Waals surface area (Å²) in [6.07, 6.45) is 0. The highest BCUT2D eigenvalue weighted by atomic mass is 79.9. The maximum Gasteiger partial charge on any atom is 0.237 e. The molecule has 0 fully saturated rings. The first-order chi connectivity index (χ1) is 11.1. The fourth-order valence-corrected chi connectivity index (χ4v) is 3.47. The monoisotopic (exact) mass is 385 g/mol. The van der Waals surface area contributed by atoms with Crippen molar-refractivity contribution in [2.24, 2.45) is 0 Å². The van der Waals surface area contributed by atoms with Crippen LogP contribution in [0.4, 0.5) is 5.69 Å². The number of fused-ring (bicyclic) bond motifs is 1. The fraction of sp³-hybridized carbons (Fsp3) is 0.105. The van der Waals surface area contributed by atoms with Crippen LogP contribution in [0.15, 0.2) is 76.1 Å². The molecule has 0 spiro atoms. The molecule has 0 saturated carbocycles. The summed E-state index contributed by atoms with van der Waals surface area (Å²) in [5, 5.41) is 5.06. The Morgan fingerprint density at radius 2 is 1.70 bits per heavy atom. The Hall–Kier alpha value is -1.78. The highest BCUT2D eigenvalue weighted by molar-refractivity contribution is 9.10. The first kappa shape index (κ1) is 16.1. The van der Waals surface area contributed by atoms with E-state index in [1.54, 1.807) is 11.8 Å². The SMILES string of the molecule is C[C@@H](Sc1ccc(Br)cc1)C(=O)Nc1cccc2ccccc12. The Kier molecular flexibility index (Phi) is 5.03. The van der Waals surface area contributed by atoms with Crippen LogP contribution < -0.4 is 5.32 Å². The summed E-state index contributed by atoms with van der Waals surface area (Å²) in [5.74, 6) is 0.00859. The Labute approximate surface area is 148 Å².